The lowest BCUT2D eigenvalue weighted by molar-refractivity contribution is -0.119. The highest BCUT2D eigenvalue weighted by atomic mass is 35.5. The number of fused-ring (bicyclic) bond motifs is 2. The smallest absolute Gasteiger partial charge is 0.316 e. The largest absolute Gasteiger partial charge is 0.467 e. The molecule has 6 nitrogen and oxygen atoms in total. The third-order valence-corrected chi connectivity index (χ3v) is 6.19. The highest BCUT2D eigenvalue weighted by Gasteiger charge is 2.25. The molecular formula is C25H23ClN4O2. The highest BCUT2D eigenvalue weighted by molar-refractivity contribution is 6.30. The van der Waals surface area contributed by atoms with Gasteiger partial charge in [-0.2, -0.15) is 0 Å². The van der Waals surface area contributed by atoms with E-state index in [0.717, 1.165) is 52.5 Å². The van der Waals surface area contributed by atoms with Crippen molar-refractivity contribution in [2.45, 2.75) is 25.9 Å². The van der Waals surface area contributed by atoms with Gasteiger partial charge in [-0.1, -0.05) is 29.8 Å². The molecule has 3 aromatic rings. The van der Waals surface area contributed by atoms with Crippen LogP contribution in [0.3, 0.4) is 0 Å². The van der Waals surface area contributed by atoms with Crippen molar-refractivity contribution >= 4 is 23.1 Å². The van der Waals surface area contributed by atoms with Crippen LogP contribution in [0.2, 0.25) is 5.02 Å². The van der Waals surface area contributed by atoms with E-state index in [4.69, 9.17) is 21.3 Å². The summed E-state index contributed by atoms with van der Waals surface area (Å²) in [4.78, 5) is 28.0. The van der Waals surface area contributed by atoms with Crippen molar-refractivity contribution in [3.05, 3.63) is 87.2 Å². The quantitative estimate of drug-likeness (QED) is 0.598. The topological polar surface area (TPSA) is 67.7 Å². The predicted molar refractivity (Wildman–Crippen MR) is 124 cm³/mol. The first-order valence-electron chi connectivity index (χ1n) is 10.6. The molecule has 0 N–H and O–H groups in total. The van der Waals surface area contributed by atoms with Crippen LogP contribution in [-0.2, 0) is 30.7 Å². The molecule has 0 saturated carbocycles. The summed E-state index contributed by atoms with van der Waals surface area (Å²) in [5, 5.41) is 0.740. The first-order chi connectivity index (χ1) is 15.6. The molecule has 7 heteroatoms. The van der Waals surface area contributed by atoms with E-state index in [1.54, 1.807) is 19.5 Å². The van der Waals surface area contributed by atoms with Crippen LogP contribution < -0.4 is 4.74 Å². The molecule has 2 aromatic carbocycles. The second-order valence-corrected chi connectivity index (χ2v) is 8.64. The zero-order valence-electron chi connectivity index (χ0n) is 17.8. The molecule has 0 aliphatic carbocycles. The maximum Gasteiger partial charge on any atom is 0.316 e. The number of nitrogens with zero attached hydrogens (tertiary/aromatic N) is 4. The Morgan fingerprint density at radius 1 is 1.06 bits per heavy atom. The summed E-state index contributed by atoms with van der Waals surface area (Å²) in [6.07, 6.45) is 4.81. The Hall–Kier alpha value is -3.09. The SMILES string of the molecule is COc1ncc(C2=NCc3cc4c(cc32)CN(CCc2cccc(Cl)c2)CC(=O)C4)cn1. The lowest BCUT2D eigenvalue weighted by Crippen LogP contribution is -2.29. The van der Waals surface area contributed by atoms with Gasteiger partial charge < -0.3 is 4.74 Å². The number of ether oxygens (including phenoxy) is 1. The third kappa shape index (κ3) is 4.29. The van der Waals surface area contributed by atoms with E-state index in [0.29, 0.717) is 25.5 Å². The molecule has 3 heterocycles. The van der Waals surface area contributed by atoms with Crippen LogP contribution in [0.5, 0.6) is 6.01 Å². The molecule has 0 bridgehead atoms. The zero-order valence-corrected chi connectivity index (χ0v) is 18.6. The second kappa shape index (κ2) is 8.81. The summed E-state index contributed by atoms with van der Waals surface area (Å²) in [7, 11) is 1.55. The Morgan fingerprint density at radius 3 is 2.69 bits per heavy atom. The van der Waals surface area contributed by atoms with Crippen LogP contribution in [0.1, 0.15) is 33.4 Å². The first-order valence-corrected chi connectivity index (χ1v) is 11.0. The van der Waals surface area contributed by atoms with Crippen LogP contribution in [0, 0.1) is 0 Å². The summed E-state index contributed by atoms with van der Waals surface area (Å²) in [6.45, 7) is 2.61. The number of halogens is 1. The lowest BCUT2D eigenvalue weighted by atomic mass is 9.94. The predicted octanol–water partition coefficient (Wildman–Crippen LogP) is 3.66. The molecule has 1 aromatic heterocycles. The molecular weight excluding hydrogens is 424 g/mol. The molecule has 2 aliphatic rings. The van der Waals surface area contributed by atoms with Gasteiger partial charge in [0.1, 0.15) is 0 Å². The van der Waals surface area contributed by atoms with E-state index in [9.17, 15) is 4.79 Å². The molecule has 2 aliphatic heterocycles. The minimum Gasteiger partial charge on any atom is -0.467 e. The van der Waals surface area contributed by atoms with Crippen LogP contribution in [-0.4, -0.2) is 46.6 Å². The number of hydrogen-bond donors (Lipinski definition) is 0. The van der Waals surface area contributed by atoms with Gasteiger partial charge in [-0.25, -0.2) is 9.97 Å². The molecule has 0 amide bonds. The summed E-state index contributed by atoms with van der Waals surface area (Å²) in [5.74, 6) is 0.248. The van der Waals surface area contributed by atoms with Crippen molar-refractivity contribution in [1.82, 2.24) is 14.9 Å². The number of hydrogen-bond acceptors (Lipinski definition) is 6. The van der Waals surface area contributed by atoms with Gasteiger partial charge in [0.05, 0.1) is 25.9 Å². The summed E-state index contributed by atoms with van der Waals surface area (Å²) >= 11 is 6.12. The third-order valence-electron chi connectivity index (χ3n) is 5.96. The summed E-state index contributed by atoms with van der Waals surface area (Å²) in [5.41, 5.74) is 7.48. The number of Topliss-reactive ketones (excluding diaryl/α,β-unsaturated/α-hetero) is 1. The number of aliphatic imine (C=N–C) groups is 1. The molecule has 0 unspecified atom stereocenters. The van der Waals surface area contributed by atoms with E-state index < -0.39 is 0 Å². The fourth-order valence-corrected chi connectivity index (χ4v) is 4.61. The van der Waals surface area contributed by atoms with Crippen molar-refractivity contribution in [1.29, 1.82) is 0 Å². The fraction of sp³-hybridized carbons (Fsp3) is 0.280. The molecule has 32 heavy (non-hydrogen) atoms. The maximum atomic E-state index is 12.6. The van der Waals surface area contributed by atoms with E-state index >= 15 is 0 Å². The Bertz CT molecular complexity index is 1210. The summed E-state index contributed by atoms with van der Waals surface area (Å²) < 4.78 is 5.07. The second-order valence-electron chi connectivity index (χ2n) is 8.21. The normalized spacial score (nSPS) is 15.7. The maximum absolute atomic E-state index is 12.6. The van der Waals surface area contributed by atoms with Crippen LogP contribution in [0.15, 0.2) is 53.8 Å². The van der Waals surface area contributed by atoms with Gasteiger partial charge in [-0.15, -0.1) is 0 Å². The average molecular weight is 447 g/mol. The van der Waals surface area contributed by atoms with Crippen molar-refractivity contribution in [3.63, 3.8) is 0 Å². The molecule has 5 rings (SSSR count). The van der Waals surface area contributed by atoms with Crippen molar-refractivity contribution < 1.29 is 9.53 Å². The van der Waals surface area contributed by atoms with Crippen molar-refractivity contribution in [2.75, 3.05) is 20.2 Å². The van der Waals surface area contributed by atoms with Gasteiger partial charge in [0.2, 0.25) is 0 Å². The average Bonchev–Trinajstić information content (AvgIpc) is 3.12. The lowest BCUT2D eigenvalue weighted by Gasteiger charge is -2.20. The van der Waals surface area contributed by atoms with Gasteiger partial charge in [-0.3, -0.25) is 14.7 Å². The van der Waals surface area contributed by atoms with Crippen LogP contribution in [0.25, 0.3) is 0 Å². The Balaban J connectivity index is 1.39. The van der Waals surface area contributed by atoms with E-state index in [-0.39, 0.29) is 5.78 Å². The molecule has 162 valence electrons. The number of methoxy groups -OCH3 is 1. The van der Waals surface area contributed by atoms with Gasteiger partial charge in [0.25, 0.3) is 0 Å². The van der Waals surface area contributed by atoms with Crippen molar-refractivity contribution in [3.8, 4) is 6.01 Å². The molecule has 0 spiro atoms. The Kier molecular flexibility index (Phi) is 5.72. The minimum atomic E-state index is 0.248. The Morgan fingerprint density at radius 2 is 1.91 bits per heavy atom. The molecule has 0 atom stereocenters. The molecule has 0 saturated heterocycles. The standard InChI is InChI=1S/C25H23ClN4O2/c1-32-25-28-12-20(13-29-25)24-23-10-19-14-30(6-5-16-3-2-4-21(26)7-16)15-22(31)9-17(19)8-18(23)11-27-24/h2-4,7-8,10,12-13H,5-6,9,11,14-15H2,1H3. The zero-order chi connectivity index (χ0) is 22.1. The van der Waals surface area contributed by atoms with Gasteiger partial charge in [0, 0.05) is 48.1 Å². The van der Waals surface area contributed by atoms with Crippen LogP contribution >= 0.6 is 11.6 Å². The number of rotatable bonds is 5. The van der Waals surface area contributed by atoms with Gasteiger partial charge in [-0.05, 0) is 46.9 Å². The molecule has 0 fully saturated rings. The number of aromatic nitrogens is 2. The van der Waals surface area contributed by atoms with Gasteiger partial charge >= 0.3 is 6.01 Å². The van der Waals surface area contributed by atoms with E-state index in [1.165, 1.54) is 11.1 Å². The number of ketones is 1. The number of benzene rings is 2. The fourth-order valence-electron chi connectivity index (χ4n) is 4.40. The van der Waals surface area contributed by atoms with E-state index in [2.05, 4.69) is 33.1 Å². The van der Waals surface area contributed by atoms with Crippen molar-refractivity contribution in [2.24, 2.45) is 4.99 Å². The number of carbonyl (C=O) groups excluding carboxylic acids is 1. The monoisotopic (exact) mass is 446 g/mol. The first kappa shape index (κ1) is 20.8. The minimum absolute atomic E-state index is 0.248. The highest BCUT2D eigenvalue weighted by Crippen LogP contribution is 2.29. The molecule has 0 radical (unpaired) electrons. The Labute approximate surface area is 191 Å². The van der Waals surface area contributed by atoms with Crippen LogP contribution in [0.4, 0.5) is 0 Å². The van der Waals surface area contributed by atoms with Gasteiger partial charge in [0.15, 0.2) is 5.78 Å². The summed E-state index contributed by atoms with van der Waals surface area (Å²) in [6, 6.07) is 12.6. The van der Waals surface area contributed by atoms with E-state index in [1.807, 2.05) is 18.2 Å². The number of carbonyl (C=O) groups is 1.